The minimum absolute atomic E-state index is 0.0383. The van der Waals surface area contributed by atoms with Crippen LogP contribution in [0.1, 0.15) is 31.5 Å². The van der Waals surface area contributed by atoms with E-state index in [2.05, 4.69) is 31.1 Å². The van der Waals surface area contributed by atoms with E-state index in [-0.39, 0.29) is 17.9 Å². The van der Waals surface area contributed by atoms with Gasteiger partial charge in [0.15, 0.2) is 6.61 Å². The molecule has 0 saturated heterocycles. The molecule has 1 aromatic heterocycles. The molecule has 0 bridgehead atoms. The Hall–Kier alpha value is -2.08. The number of hydrogen-bond acceptors (Lipinski definition) is 5. The van der Waals surface area contributed by atoms with Crippen LogP contribution >= 0.6 is 11.3 Å². The average Bonchev–Trinajstić information content (AvgIpc) is 2.94. The zero-order valence-electron chi connectivity index (χ0n) is 12.8. The standard InChI is InChI=1S/C16H18N2O3S/c1-16(2,3)15-17-10(9-22-15)7-20-11-5-4-6-12-14(11)18-13(19)8-21-12/h4-6,9H,7-8H2,1-3H3,(H,18,19). The third kappa shape index (κ3) is 3.06. The predicted octanol–water partition coefficient (Wildman–Crippen LogP) is 3.35. The first-order chi connectivity index (χ1) is 10.4. The van der Waals surface area contributed by atoms with E-state index in [1.54, 1.807) is 11.3 Å². The summed E-state index contributed by atoms with van der Waals surface area (Å²) in [7, 11) is 0. The van der Waals surface area contributed by atoms with Crippen molar-refractivity contribution in [1.82, 2.24) is 4.98 Å². The number of amides is 1. The van der Waals surface area contributed by atoms with Gasteiger partial charge in [-0.25, -0.2) is 4.98 Å². The first-order valence-electron chi connectivity index (χ1n) is 7.07. The second kappa shape index (κ2) is 5.61. The largest absolute Gasteiger partial charge is 0.485 e. The Labute approximate surface area is 133 Å². The fourth-order valence-corrected chi connectivity index (χ4v) is 2.95. The lowest BCUT2D eigenvalue weighted by Gasteiger charge is -2.20. The molecule has 1 N–H and O–H groups in total. The average molecular weight is 318 g/mol. The van der Waals surface area contributed by atoms with E-state index < -0.39 is 0 Å². The summed E-state index contributed by atoms with van der Waals surface area (Å²) in [5, 5.41) is 5.87. The van der Waals surface area contributed by atoms with Gasteiger partial charge in [0.25, 0.3) is 5.91 Å². The van der Waals surface area contributed by atoms with Gasteiger partial charge in [-0.3, -0.25) is 4.79 Å². The number of carbonyl (C=O) groups excluding carboxylic acids is 1. The van der Waals surface area contributed by atoms with Crippen LogP contribution in [0.4, 0.5) is 5.69 Å². The molecule has 1 aromatic carbocycles. The molecule has 0 spiro atoms. The quantitative estimate of drug-likeness (QED) is 0.943. The summed E-state index contributed by atoms with van der Waals surface area (Å²) in [5.74, 6) is 1.05. The molecule has 2 aromatic rings. The monoisotopic (exact) mass is 318 g/mol. The fourth-order valence-electron chi connectivity index (χ4n) is 2.06. The second-order valence-corrected chi connectivity index (χ2v) is 7.01. The number of thiazole rings is 1. The maximum absolute atomic E-state index is 11.5. The number of fused-ring (bicyclic) bond motifs is 1. The van der Waals surface area contributed by atoms with Crippen molar-refractivity contribution in [2.45, 2.75) is 32.8 Å². The highest BCUT2D eigenvalue weighted by molar-refractivity contribution is 7.09. The molecule has 1 aliphatic heterocycles. The molecule has 2 heterocycles. The van der Waals surface area contributed by atoms with Crippen LogP contribution in [0.15, 0.2) is 23.6 Å². The summed E-state index contributed by atoms with van der Waals surface area (Å²) in [5.41, 5.74) is 1.51. The molecule has 5 nitrogen and oxygen atoms in total. The van der Waals surface area contributed by atoms with Gasteiger partial charge in [0, 0.05) is 10.8 Å². The molecule has 0 saturated carbocycles. The smallest absolute Gasteiger partial charge is 0.262 e. The first-order valence-corrected chi connectivity index (χ1v) is 7.95. The van der Waals surface area contributed by atoms with Crippen molar-refractivity contribution >= 4 is 22.9 Å². The highest BCUT2D eigenvalue weighted by Crippen LogP contribution is 2.37. The van der Waals surface area contributed by atoms with Crippen molar-refractivity contribution in [3.63, 3.8) is 0 Å². The molecular weight excluding hydrogens is 300 g/mol. The van der Waals surface area contributed by atoms with Crippen molar-refractivity contribution in [3.05, 3.63) is 34.3 Å². The number of para-hydroxylation sites is 1. The lowest BCUT2D eigenvalue weighted by Crippen LogP contribution is -2.25. The summed E-state index contributed by atoms with van der Waals surface area (Å²) in [6.45, 7) is 6.81. The van der Waals surface area contributed by atoms with Crippen LogP contribution in [-0.4, -0.2) is 17.5 Å². The van der Waals surface area contributed by atoms with Gasteiger partial charge >= 0.3 is 0 Å². The molecule has 0 atom stereocenters. The van der Waals surface area contributed by atoms with Crippen LogP contribution in [0.2, 0.25) is 0 Å². The van der Waals surface area contributed by atoms with E-state index in [4.69, 9.17) is 9.47 Å². The Balaban J connectivity index is 1.75. The Morgan fingerprint density at radius 2 is 2.23 bits per heavy atom. The maximum Gasteiger partial charge on any atom is 0.262 e. The third-order valence-corrected chi connectivity index (χ3v) is 4.50. The van der Waals surface area contributed by atoms with Crippen molar-refractivity contribution in [3.8, 4) is 11.5 Å². The third-order valence-electron chi connectivity index (χ3n) is 3.18. The van der Waals surface area contributed by atoms with Crippen molar-refractivity contribution in [1.29, 1.82) is 0 Å². The van der Waals surface area contributed by atoms with Crippen molar-refractivity contribution in [2.75, 3.05) is 11.9 Å². The van der Waals surface area contributed by atoms with Gasteiger partial charge in [0.2, 0.25) is 0 Å². The molecule has 0 unspecified atom stereocenters. The van der Waals surface area contributed by atoms with Gasteiger partial charge in [0.1, 0.15) is 23.8 Å². The van der Waals surface area contributed by atoms with Crippen molar-refractivity contribution < 1.29 is 14.3 Å². The summed E-state index contributed by atoms with van der Waals surface area (Å²) in [6.07, 6.45) is 0. The molecule has 1 aliphatic rings. The first kappa shape index (κ1) is 14.8. The molecule has 6 heteroatoms. The van der Waals surface area contributed by atoms with E-state index in [9.17, 15) is 4.79 Å². The highest BCUT2D eigenvalue weighted by Gasteiger charge is 2.21. The van der Waals surface area contributed by atoms with Crippen LogP contribution in [0.25, 0.3) is 0 Å². The van der Waals surface area contributed by atoms with Crippen LogP contribution in [0.3, 0.4) is 0 Å². The van der Waals surface area contributed by atoms with Crippen LogP contribution in [0.5, 0.6) is 11.5 Å². The molecular formula is C16H18N2O3S. The number of anilines is 1. The minimum Gasteiger partial charge on any atom is -0.485 e. The number of nitrogens with one attached hydrogen (secondary N) is 1. The normalized spacial score (nSPS) is 14.0. The zero-order chi connectivity index (χ0) is 15.7. The summed E-state index contributed by atoms with van der Waals surface area (Å²) in [4.78, 5) is 16.1. The van der Waals surface area contributed by atoms with Crippen LogP contribution in [-0.2, 0) is 16.8 Å². The SMILES string of the molecule is CC(C)(C)c1nc(COc2cccc3c2NC(=O)CO3)cs1. The number of aromatic nitrogens is 1. The Kier molecular flexibility index (Phi) is 3.78. The van der Waals surface area contributed by atoms with Gasteiger partial charge in [-0.2, -0.15) is 0 Å². The lowest BCUT2D eigenvalue weighted by atomic mass is 9.98. The molecule has 22 heavy (non-hydrogen) atoms. The summed E-state index contributed by atoms with van der Waals surface area (Å²) >= 11 is 1.64. The van der Waals surface area contributed by atoms with E-state index >= 15 is 0 Å². The molecule has 0 fully saturated rings. The number of hydrogen-bond donors (Lipinski definition) is 1. The van der Waals surface area contributed by atoms with Gasteiger partial charge in [0.05, 0.1) is 10.7 Å². The number of benzene rings is 1. The Morgan fingerprint density at radius 3 is 2.95 bits per heavy atom. The molecule has 1 amide bonds. The van der Waals surface area contributed by atoms with Gasteiger partial charge in [-0.1, -0.05) is 26.8 Å². The Bertz CT molecular complexity index is 704. The van der Waals surface area contributed by atoms with E-state index in [1.165, 1.54) is 0 Å². The van der Waals surface area contributed by atoms with Crippen LogP contribution < -0.4 is 14.8 Å². The van der Waals surface area contributed by atoms with E-state index in [0.717, 1.165) is 10.7 Å². The predicted molar refractivity (Wildman–Crippen MR) is 85.7 cm³/mol. The van der Waals surface area contributed by atoms with Gasteiger partial charge < -0.3 is 14.8 Å². The Morgan fingerprint density at radius 1 is 1.41 bits per heavy atom. The summed E-state index contributed by atoms with van der Waals surface area (Å²) in [6, 6.07) is 5.46. The van der Waals surface area contributed by atoms with E-state index in [0.29, 0.717) is 23.8 Å². The number of nitrogens with zero attached hydrogens (tertiary/aromatic N) is 1. The molecule has 3 rings (SSSR count). The number of carbonyl (C=O) groups is 1. The molecule has 0 aliphatic carbocycles. The van der Waals surface area contributed by atoms with Gasteiger partial charge in [-0.15, -0.1) is 11.3 Å². The molecule has 0 radical (unpaired) electrons. The van der Waals surface area contributed by atoms with Crippen LogP contribution in [0, 0.1) is 0 Å². The van der Waals surface area contributed by atoms with Crippen molar-refractivity contribution in [2.24, 2.45) is 0 Å². The summed E-state index contributed by atoms with van der Waals surface area (Å²) < 4.78 is 11.2. The number of rotatable bonds is 3. The maximum atomic E-state index is 11.5. The van der Waals surface area contributed by atoms with Gasteiger partial charge in [-0.05, 0) is 12.1 Å². The molecule has 116 valence electrons. The number of ether oxygens (including phenoxy) is 2. The lowest BCUT2D eigenvalue weighted by molar-refractivity contribution is -0.118. The fraction of sp³-hybridized carbons (Fsp3) is 0.375. The topological polar surface area (TPSA) is 60.5 Å². The highest BCUT2D eigenvalue weighted by atomic mass is 32.1. The zero-order valence-corrected chi connectivity index (χ0v) is 13.6. The van der Waals surface area contributed by atoms with E-state index in [1.807, 2.05) is 23.6 Å². The second-order valence-electron chi connectivity index (χ2n) is 6.15. The minimum atomic E-state index is -0.174.